The minimum absolute atomic E-state index is 0.0554. The Morgan fingerprint density at radius 2 is 1.83 bits per heavy atom. The average Bonchev–Trinajstić information content (AvgIpc) is 2.88. The molecule has 1 heterocycles. The summed E-state index contributed by atoms with van der Waals surface area (Å²) in [6.07, 6.45) is 1.51. The summed E-state index contributed by atoms with van der Waals surface area (Å²) in [7, 11) is 5.26. The number of anilines is 2. The van der Waals surface area contributed by atoms with E-state index in [0.717, 1.165) is 12.0 Å². The number of nitrogens with zero attached hydrogens (tertiary/aromatic N) is 1. The molecule has 0 bridgehead atoms. The topological polar surface area (TPSA) is 114 Å². The molecule has 0 saturated heterocycles. The van der Waals surface area contributed by atoms with Gasteiger partial charge in [-0.1, -0.05) is 31.5 Å². The minimum Gasteiger partial charge on any atom is -0.497 e. The highest BCUT2D eigenvalue weighted by molar-refractivity contribution is 5.96. The van der Waals surface area contributed by atoms with Crippen LogP contribution in [0.15, 0.2) is 56.5 Å². The van der Waals surface area contributed by atoms with Crippen LogP contribution >= 0.6 is 0 Å². The summed E-state index contributed by atoms with van der Waals surface area (Å²) in [6.45, 7) is 2.38. The standard InChI is InChI=1S/C27H29N3O6/c1-5-6-14-35-27(33)20-21(28-15-16-10-12-17(34-4)13-11-16)23(31)24(32)26-22(20)29-18-8-7-9-19(30(2)3)25(18)36-26/h7-13,28-29H,5-6,14-15H2,1-4H3. The van der Waals surface area contributed by atoms with Crippen LogP contribution in [0.25, 0.3) is 11.1 Å². The summed E-state index contributed by atoms with van der Waals surface area (Å²) in [5, 5.41) is 3.11. The van der Waals surface area contributed by atoms with Gasteiger partial charge in [-0.05, 0) is 36.2 Å². The van der Waals surface area contributed by atoms with Crippen molar-refractivity contribution in [1.29, 1.82) is 0 Å². The largest absolute Gasteiger partial charge is 0.497 e. The van der Waals surface area contributed by atoms with Crippen molar-refractivity contribution in [2.24, 2.45) is 0 Å². The second kappa shape index (κ2) is 10.6. The van der Waals surface area contributed by atoms with Gasteiger partial charge in [-0.15, -0.1) is 0 Å². The molecule has 9 heteroatoms. The maximum atomic E-state index is 13.2. The Kier molecular flexibility index (Phi) is 7.28. The lowest BCUT2D eigenvalue weighted by molar-refractivity contribution is 0.0498. The summed E-state index contributed by atoms with van der Waals surface area (Å²) < 4.78 is 16.6. The molecule has 4 rings (SSSR count). The van der Waals surface area contributed by atoms with Gasteiger partial charge in [-0.25, -0.2) is 4.79 Å². The Balaban J connectivity index is 1.92. The van der Waals surface area contributed by atoms with Crippen molar-refractivity contribution in [3.8, 4) is 5.75 Å². The maximum Gasteiger partial charge on any atom is 0.342 e. The van der Waals surface area contributed by atoms with Gasteiger partial charge in [0.2, 0.25) is 5.42 Å². The maximum absolute atomic E-state index is 13.2. The molecular formula is C27H29N3O6. The Hall–Kier alpha value is -4.27. The molecule has 1 aliphatic heterocycles. The summed E-state index contributed by atoms with van der Waals surface area (Å²) in [4.78, 5) is 44.6. The summed E-state index contributed by atoms with van der Waals surface area (Å²) in [5.41, 5.74) is 0.392. The van der Waals surface area contributed by atoms with Crippen LogP contribution in [0.2, 0.25) is 0 Å². The molecule has 2 aliphatic rings. The van der Waals surface area contributed by atoms with Crippen molar-refractivity contribution >= 4 is 28.4 Å². The number of rotatable bonds is 9. The zero-order valence-corrected chi connectivity index (χ0v) is 20.8. The number of benzene rings is 2. The predicted molar refractivity (Wildman–Crippen MR) is 138 cm³/mol. The van der Waals surface area contributed by atoms with Crippen LogP contribution < -0.4 is 25.8 Å². The van der Waals surface area contributed by atoms with Crippen LogP contribution in [-0.4, -0.2) is 38.8 Å². The van der Waals surface area contributed by atoms with Gasteiger partial charge in [0.05, 0.1) is 24.9 Å². The molecule has 1 aliphatic carbocycles. The molecule has 0 unspecified atom stereocenters. The Labute approximate surface area is 207 Å². The first-order valence-electron chi connectivity index (χ1n) is 11.7. The van der Waals surface area contributed by atoms with Gasteiger partial charge in [-0.2, -0.15) is 0 Å². The number of aromatic amines is 1. The molecule has 9 nitrogen and oxygen atoms in total. The second-order valence-electron chi connectivity index (χ2n) is 8.58. The van der Waals surface area contributed by atoms with E-state index in [0.29, 0.717) is 29.0 Å². The number of methoxy groups -OCH3 is 1. The van der Waals surface area contributed by atoms with Crippen LogP contribution in [0.1, 0.15) is 35.7 Å². The van der Waals surface area contributed by atoms with Crippen molar-refractivity contribution in [3.63, 3.8) is 0 Å². The van der Waals surface area contributed by atoms with Crippen LogP contribution in [0.5, 0.6) is 5.75 Å². The number of carbonyl (C=O) groups is 1. The van der Waals surface area contributed by atoms with E-state index in [-0.39, 0.29) is 35.2 Å². The third-order valence-electron chi connectivity index (χ3n) is 5.87. The Morgan fingerprint density at radius 3 is 2.50 bits per heavy atom. The number of aromatic nitrogens is 1. The lowest BCUT2D eigenvalue weighted by atomic mass is 10.1. The van der Waals surface area contributed by atoms with Crippen LogP contribution in [-0.2, 0) is 11.3 Å². The molecule has 2 N–H and O–H groups in total. The molecule has 0 radical (unpaired) electrons. The number of unbranched alkanes of at least 4 members (excludes halogenated alkanes) is 1. The summed E-state index contributed by atoms with van der Waals surface area (Å²) in [5.74, 6) is -0.0199. The van der Waals surface area contributed by atoms with Crippen molar-refractivity contribution in [2.45, 2.75) is 26.3 Å². The van der Waals surface area contributed by atoms with Gasteiger partial charge < -0.3 is 29.1 Å². The minimum atomic E-state index is -0.864. The van der Waals surface area contributed by atoms with Gasteiger partial charge in [0.25, 0.3) is 10.9 Å². The smallest absolute Gasteiger partial charge is 0.342 e. The van der Waals surface area contributed by atoms with Gasteiger partial charge in [0.1, 0.15) is 22.3 Å². The van der Waals surface area contributed by atoms with Crippen LogP contribution in [0, 0.1) is 10.8 Å². The van der Waals surface area contributed by atoms with E-state index in [1.54, 1.807) is 25.3 Å². The molecule has 0 fully saturated rings. The van der Waals surface area contributed by atoms with Gasteiger partial charge >= 0.3 is 5.97 Å². The molecule has 0 aromatic heterocycles. The third kappa shape index (κ3) is 4.77. The average molecular weight is 492 g/mol. The SMILES string of the molecule is CCCCOC(=O)c1c(NCc2ccc(OC)cc2)c(=O)c(=O)c2oc3c(N(C)C)cccc3[nH]c1=2. The number of nitrogens with one attached hydrogen (secondary N) is 2. The lowest BCUT2D eigenvalue weighted by Gasteiger charge is -2.16. The number of ether oxygens (including phenoxy) is 2. The fourth-order valence-corrected chi connectivity index (χ4v) is 3.91. The van der Waals surface area contributed by atoms with E-state index in [1.807, 2.05) is 50.2 Å². The quantitative estimate of drug-likeness (QED) is 0.206. The van der Waals surface area contributed by atoms with E-state index in [4.69, 9.17) is 13.9 Å². The first kappa shape index (κ1) is 24.8. The highest BCUT2D eigenvalue weighted by Crippen LogP contribution is 2.25. The highest BCUT2D eigenvalue weighted by atomic mass is 16.5. The molecule has 0 saturated carbocycles. The number of hydrogen-bond donors (Lipinski definition) is 2. The van der Waals surface area contributed by atoms with E-state index in [2.05, 4.69) is 10.3 Å². The zero-order valence-electron chi connectivity index (χ0n) is 20.8. The first-order valence-corrected chi connectivity index (χ1v) is 11.7. The van der Waals surface area contributed by atoms with Crippen LogP contribution in [0.4, 0.5) is 11.4 Å². The molecule has 0 atom stereocenters. The molecule has 188 valence electrons. The predicted octanol–water partition coefficient (Wildman–Crippen LogP) is 3.85. The van der Waals surface area contributed by atoms with E-state index < -0.39 is 16.8 Å². The van der Waals surface area contributed by atoms with Crippen molar-refractivity contribution in [1.82, 2.24) is 4.98 Å². The summed E-state index contributed by atoms with van der Waals surface area (Å²) in [6, 6.07) is 12.7. The van der Waals surface area contributed by atoms with E-state index in [9.17, 15) is 14.4 Å². The molecule has 36 heavy (non-hydrogen) atoms. The Morgan fingerprint density at radius 1 is 1.08 bits per heavy atom. The van der Waals surface area contributed by atoms with Crippen molar-refractivity contribution in [2.75, 3.05) is 38.0 Å². The third-order valence-corrected chi connectivity index (χ3v) is 5.87. The zero-order chi connectivity index (χ0) is 25.8. The number of carbonyl (C=O) groups excluding carboxylic acids is 1. The molecule has 2 aromatic rings. The number of H-pyrrole nitrogens is 1. The number of para-hydroxylation sites is 1. The lowest BCUT2D eigenvalue weighted by Crippen LogP contribution is -2.32. The molecule has 2 aromatic carbocycles. The normalized spacial score (nSPS) is 11.0. The second-order valence-corrected chi connectivity index (χ2v) is 8.58. The van der Waals surface area contributed by atoms with E-state index in [1.165, 1.54) is 0 Å². The highest BCUT2D eigenvalue weighted by Gasteiger charge is 2.24. The molecule has 0 spiro atoms. The van der Waals surface area contributed by atoms with Gasteiger partial charge in [0, 0.05) is 20.6 Å². The first-order chi connectivity index (χ1) is 17.3. The van der Waals surface area contributed by atoms with Crippen LogP contribution in [0.3, 0.4) is 0 Å². The summed E-state index contributed by atoms with van der Waals surface area (Å²) >= 11 is 0. The number of esters is 1. The van der Waals surface area contributed by atoms with Gasteiger partial charge in [0.15, 0.2) is 5.58 Å². The van der Waals surface area contributed by atoms with Gasteiger partial charge in [-0.3, -0.25) is 9.59 Å². The van der Waals surface area contributed by atoms with E-state index >= 15 is 0 Å². The fourth-order valence-electron chi connectivity index (χ4n) is 3.91. The fraction of sp³-hybridized carbons (Fsp3) is 0.296. The molecular weight excluding hydrogens is 462 g/mol. The monoisotopic (exact) mass is 491 g/mol. The van der Waals surface area contributed by atoms with Crippen molar-refractivity contribution < 1.29 is 18.7 Å². The van der Waals surface area contributed by atoms with Crippen molar-refractivity contribution in [3.05, 3.63) is 84.8 Å². The number of hydrogen-bond acceptors (Lipinski definition) is 8. The molecule has 0 amide bonds. The Bertz CT molecular complexity index is 1570. The number of fused-ring (bicyclic) bond motifs is 1.